The van der Waals surface area contributed by atoms with Crippen LogP contribution >= 0.6 is 0 Å². The second-order valence-corrected chi connectivity index (χ2v) is 7.94. The second kappa shape index (κ2) is 7.60. The fourth-order valence-electron chi connectivity index (χ4n) is 4.88. The van der Waals surface area contributed by atoms with Gasteiger partial charge in [-0.25, -0.2) is 0 Å². The smallest absolute Gasteiger partial charge is 0.119 e. The summed E-state index contributed by atoms with van der Waals surface area (Å²) in [6.45, 7) is 2.19. The van der Waals surface area contributed by atoms with Crippen molar-refractivity contribution < 1.29 is 14.9 Å². The molecule has 1 aliphatic carbocycles. The molecular weight excluding hydrogens is 384 g/mol. The van der Waals surface area contributed by atoms with Gasteiger partial charge in [-0.3, -0.25) is 0 Å². The molecular formula is C28H24O3. The Morgan fingerprint density at radius 2 is 1.32 bits per heavy atom. The number of hydrogen-bond donors (Lipinski definition) is 2. The van der Waals surface area contributed by atoms with Gasteiger partial charge >= 0.3 is 0 Å². The number of phenolic OH excluding ortho intramolecular Hbond substituents is 1. The van der Waals surface area contributed by atoms with E-state index in [1.54, 1.807) is 6.07 Å². The number of hydrogen-bond acceptors (Lipinski definition) is 3. The molecule has 0 aromatic heterocycles. The predicted octanol–water partition coefficient (Wildman–Crippen LogP) is 5.43. The second-order valence-electron chi connectivity index (χ2n) is 7.94. The van der Waals surface area contributed by atoms with Crippen molar-refractivity contribution in [2.75, 3.05) is 13.2 Å². The first-order valence-corrected chi connectivity index (χ1v) is 10.5. The number of ether oxygens (including phenoxy) is 1. The average Bonchev–Trinajstić information content (AvgIpc) is 3.11. The Labute approximate surface area is 182 Å². The quantitative estimate of drug-likeness (QED) is 0.407. The van der Waals surface area contributed by atoms with E-state index in [-0.39, 0.29) is 13.2 Å². The van der Waals surface area contributed by atoms with Gasteiger partial charge in [-0.05, 0) is 64.1 Å². The molecule has 0 radical (unpaired) electrons. The molecule has 0 atom stereocenters. The van der Waals surface area contributed by atoms with Crippen molar-refractivity contribution in [1.82, 2.24) is 0 Å². The maximum atomic E-state index is 10.2. The molecule has 0 saturated heterocycles. The summed E-state index contributed by atoms with van der Waals surface area (Å²) >= 11 is 0. The van der Waals surface area contributed by atoms with Gasteiger partial charge in [0.25, 0.3) is 0 Å². The highest BCUT2D eigenvalue weighted by molar-refractivity contribution is 5.86. The number of aryl methyl sites for hydroxylation is 1. The van der Waals surface area contributed by atoms with Crippen LogP contribution in [0.15, 0.2) is 91.0 Å². The Morgan fingerprint density at radius 1 is 0.742 bits per heavy atom. The van der Waals surface area contributed by atoms with Crippen LogP contribution in [-0.4, -0.2) is 23.4 Å². The molecule has 31 heavy (non-hydrogen) atoms. The van der Waals surface area contributed by atoms with Crippen molar-refractivity contribution in [2.45, 2.75) is 12.3 Å². The van der Waals surface area contributed by atoms with E-state index in [4.69, 9.17) is 9.84 Å². The molecule has 4 aromatic carbocycles. The minimum atomic E-state index is -0.499. The molecule has 0 heterocycles. The Kier molecular flexibility index (Phi) is 4.76. The van der Waals surface area contributed by atoms with E-state index < -0.39 is 5.41 Å². The molecule has 0 unspecified atom stereocenters. The van der Waals surface area contributed by atoms with Crippen molar-refractivity contribution in [3.63, 3.8) is 0 Å². The Morgan fingerprint density at radius 3 is 1.90 bits per heavy atom. The third-order valence-corrected chi connectivity index (χ3v) is 6.23. The molecule has 154 valence electrons. The normalized spacial score (nSPS) is 13.5. The van der Waals surface area contributed by atoms with Gasteiger partial charge in [0.05, 0.1) is 12.0 Å². The van der Waals surface area contributed by atoms with Crippen LogP contribution < -0.4 is 4.74 Å². The minimum Gasteiger partial charge on any atom is -0.508 e. The van der Waals surface area contributed by atoms with E-state index in [1.807, 2.05) is 25.1 Å². The van der Waals surface area contributed by atoms with E-state index in [0.29, 0.717) is 5.75 Å². The van der Waals surface area contributed by atoms with E-state index in [9.17, 15) is 5.11 Å². The van der Waals surface area contributed by atoms with Crippen molar-refractivity contribution in [3.8, 4) is 22.6 Å². The summed E-state index contributed by atoms with van der Waals surface area (Å²) in [5, 5.41) is 19.3. The van der Waals surface area contributed by atoms with E-state index in [2.05, 4.69) is 66.7 Å². The summed E-state index contributed by atoms with van der Waals surface area (Å²) < 4.78 is 5.60. The zero-order valence-electron chi connectivity index (χ0n) is 17.4. The van der Waals surface area contributed by atoms with Gasteiger partial charge in [-0.1, -0.05) is 72.8 Å². The lowest BCUT2D eigenvalue weighted by Gasteiger charge is -2.34. The lowest BCUT2D eigenvalue weighted by atomic mass is 9.67. The molecule has 0 saturated carbocycles. The van der Waals surface area contributed by atoms with Gasteiger partial charge in [0.1, 0.15) is 18.1 Å². The van der Waals surface area contributed by atoms with Crippen LogP contribution in [0.3, 0.4) is 0 Å². The van der Waals surface area contributed by atoms with Crippen LogP contribution in [-0.2, 0) is 5.41 Å². The SMILES string of the molecule is Cc1cc(C2(c3ccc(OCCO)cc3)c3ccccc3-c3ccccc32)ccc1O. The number of aliphatic hydroxyl groups excluding tert-OH is 1. The van der Waals surface area contributed by atoms with Gasteiger partial charge in [0.15, 0.2) is 0 Å². The van der Waals surface area contributed by atoms with Gasteiger partial charge in [0, 0.05) is 0 Å². The van der Waals surface area contributed by atoms with Crippen LogP contribution in [0.2, 0.25) is 0 Å². The van der Waals surface area contributed by atoms with E-state index in [1.165, 1.54) is 22.3 Å². The molecule has 0 amide bonds. The fourth-order valence-corrected chi connectivity index (χ4v) is 4.88. The highest BCUT2D eigenvalue weighted by atomic mass is 16.5. The Hall–Kier alpha value is -3.56. The van der Waals surface area contributed by atoms with Crippen molar-refractivity contribution in [1.29, 1.82) is 0 Å². The highest BCUT2D eigenvalue weighted by Crippen LogP contribution is 2.56. The first-order valence-electron chi connectivity index (χ1n) is 10.5. The molecule has 1 aliphatic rings. The highest BCUT2D eigenvalue weighted by Gasteiger charge is 2.45. The molecule has 0 bridgehead atoms. The Balaban J connectivity index is 1.82. The largest absolute Gasteiger partial charge is 0.508 e. The lowest BCUT2D eigenvalue weighted by Crippen LogP contribution is -2.28. The molecule has 3 nitrogen and oxygen atoms in total. The van der Waals surface area contributed by atoms with E-state index >= 15 is 0 Å². The predicted molar refractivity (Wildman–Crippen MR) is 123 cm³/mol. The topological polar surface area (TPSA) is 49.7 Å². The first-order chi connectivity index (χ1) is 15.2. The molecule has 2 N–H and O–H groups in total. The van der Waals surface area contributed by atoms with Crippen molar-refractivity contribution in [2.24, 2.45) is 0 Å². The average molecular weight is 408 g/mol. The molecule has 0 fully saturated rings. The lowest BCUT2D eigenvalue weighted by molar-refractivity contribution is 0.201. The van der Waals surface area contributed by atoms with Crippen LogP contribution in [0, 0.1) is 6.92 Å². The molecule has 5 rings (SSSR count). The maximum absolute atomic E-state index is 10.2. The number of benzene rings is 4. The Bertz CT molecular complexity index is 1200. The summed E-state index contributed by atoms with van der Waals surface area (Å²) in [6, 6.07) is 31.1. The number of aromatic hydroxyl groups is 1. The molecule has 4 aromatic rings. The molecule has 0 spiro atoms. The standard InChI is InChI=1S/C28H24O3/c1-19-18-21(12-15-27(19)30)28(20-10-13-22(14-11-20)31-17-16-29)25-8-4-2-6-23(25)24-7-3-5-9-26(24)28/h2-15,18,29-30H,16-17H2,1H3. The van der Waals surface area contributed by atoms with Gasteiger partial charge in [-0.15, -0.1) is 0 Å². The number of fused-ring (bicyclic) bond motifs is 3. The monoisotopic (exact) mass is 408 g/mol. The number of aliphatic hydroxyl groups is 1. The maximum Gasteiger partial charge on any atom is 0.119 e. The third kappa shape index (κ3) is 2.93. The third-order valence-electron chi connectivity index (χ3n) is 6.23. The van der Waals surface area contributed by atoms with E-state index in [0.717, 1.165) is 22.4 Å². The molecule has 3 heteroatoms. The van der Waals surface area contributed by atoms with Crippen LogP contribution in [0.5, 0.6) is 11.5 Å². The number of rotatable bonds is 5. The summed E-state index contributed by atoms with van der Waals surface area (Å²) in [7, 11) is 0. The van der Waals surface area contributed by atoms with Crippen molar-refractivity contribution >= 4 is 0 Å². The van der Waals surface area contributed by atoms with Crippen LogP contribution in [0.4, 0.5) is 0 Å². The summed E-state index contributed by atoms with van der Waals surface area (Å²) in [6.07, 6.45) is 0. The summed E-state index contributed by atoms with van der Waals surface area (Å²) in [5.41, 5.74) is 7.50. The first kappa shape index (κ1) is 19.4. The van der Waals surface area contributed by atoms with Gasteiger partial charge < -0.3 is 14.9 Å². The summed E-state index contributed by atoms with van der Waals surface area (Å²) in [4.78, 5) is 0. The van der Waals surface area contributed by atoms with Crippen LogP contribution in [0.1, 0.15) is 27.8 Å². The van der Waals surface area contributed by atoms with Gasteiger partial charge in [0.2, 0.25) is 0 Å². The zero-order chi connectivity index (χ0) is 21.4. The molecule has 0 aliphatic heterocycles. The van der Waals surface area contributed by atoms with Crippen molar-refractivity contribution in [3.05, 3.63) is 119 Å². The number of phenols is 1. The van der Waals surface area contributed by atoms with Crippen LogP contribution in [0.25, 0.3) is 11.1 Å². The fraction of sp³-hybridized carbons (Fsp3) is 0.143. The van der Waals surface area contributed by atoms with Gasteiger partial charge in [-0.2, -0.15) is 0 Å². The summed E-state index contributed by atoms with van der Waals surface area (Å²) in [5.74, 6) is 1.03. The minimum absolute atomic E-state index is 0.0147. The zero-order valence-corrected chi connectivity index (χ0v) is 17.4.